The Balaban J connectivity index is 2.37. The number of nitrogens with two attached hydrogens (primary N) is 1. The van der Waals surface area contributed by atoms with Crippen molar-refractivity contribution >= 4 is 11.8 Å². The first-order valence-electron chi connectivity index (χ1n) is 5.93. The summed E-state index contributed by atoms with van der Waals surface area (Å²) in [6.07, 6.45) is 2.65. The van der Waals surface area contributed by atoms with Crippen LogP contribution in [-0.2, 0) is 9.59 Å². The van der Waals surface area contributed by atoms with Crippen molar-refractivity contribution in [1.29, 1.82) is 0 Å². The molecule has 1 fully saturated rings. The third kappa shape index (κ3) is 4.18. The van der Waals surface area contributed by atoms with Crippen molar-refractivity contribution in [2.24, 2.45) is 5.73 Å². The second-order valence-corrected chi connectivity index (χ2v) is 4.23. The number of rotatable bonds is 4. The van der Waals surface area contributed by atoms with Gasteiger partial charge in [-0.3, -0.25) is 9.59 Å². The molecular formula is C11H21N3O2. The Labute approximate surface area is 96.4 Å². The molecule has 1 unspecified atom stereocenters. The van der Waals surface area contributed by atoms with Gasteiger partial charge in [-0.2, -0.15) is 0 Å². The lowest BCUT2D eigenvalue weighted by Gasteiger charge is -2.21. The normalized spacial score (nSPS) is 18.9. The largest absolute Gasteiger partial charge is 0.354 e. The summed E-state index contributed by atoms with van der Waals surface area (Å²) in [5.74, 6) is 0.0885. The van der Waals surface area contributed by atoms with E-state index in [2.05, 4.69) is 12.2 Å². The summed E-state index contributed by atoms with van der Waals surface area (Å²) in [7, 11) is 0. The predicted octanol–water partition coefficient (Wildman–Crippen LogP) is -0.148. The summed E-state index contributed by atoms with van der Waals surface area (Å²) in [5.41, 5.74) is 5.83. The Hall–Kier alpha value is -1.10. The molecule has 1 heterocycles. The van der Waals surface area contributed by atoms with E-state index in [1.807, 2.05) is 0 Å². The first-order valence-corrected chi connectivity index (χ1v) is 5.93. The minimum atomic E-state index is -0.0515. The Morgan fingerprint density at radius 1 is 1.56 bits per heavy atom. The summed E-state index contributed by atoms with van der Waals surface area (Å²) in [6.45, 7) is 3.72. The van der Waals surface area contributed by atoms with E-state index >= 15 is 0 Å². The van der Waals surface area contributed by atoms with Gasteiger partial charge in [0.15, 0.2) is 0 Å². The molecule has 1 saturated heterocycles. The maximum Gasteiger partial charge on any atom is 0.224 e. The SMILES string of the molecule is CCCC(N)CC(=O)N1CCNC(=O)CC1. The lowest BCUT2D eigenvalue weighted by molar-refractivity contribution is -0.131. The van der Waals surface area contributed by atoms with E-state index in [9.17, 15) is 9.59 Å². The molecule has 0 saturated carbocycles. The lowest BCUT2D eigenvalue weighted by Crippen LogP contribution is -2.37. The van der Waals surface area contributed by atoms with Gasteiger partial charge < -0.3 is 16.0 Å². The fraction of sp³-hybridized carbons (Fsp3) is 0.818. The van der Waals surface area contributed by atoms with Crippen molar-refractivity contribution in [2.45, 2.75) is 38.6 Å². The number of carbonyl (C=O) groups is 2. The van der Waals surface area contributed by atoms with E-state index in [0.717, 1.165) is 12.8 Å². The third-order valence-corrected chi connectivity index (χ3v) is 2.76. The van der Waals surface area contributed by atoms with Crippen LogP contribution < -0.4 is 11.1 Å². The van der Waals surface area contributed by atoms with Crippen LogP contribution in [0.15, 0.2) is 0 Å². The third-order valence-electron chi connectivity index (χ3n) is 2.76. The molecule has 16 heavy (non-hydrogen) atoms. The number of hydrogen-bond donors (Lipinski definition) is 2. The van der Waals surface area contributed by atoms with Crippen molar-refractivity contribution in [2.75, 3.05) is 19.6 Å². The molecule has 92 valence electrons. The first-order chi connectivity index (χ1) is 7.63. The van der Waals surface area contributed by atoms with Crippen LogP contribution in [0.25, 0.3) is 0 Å². The Bertz CT molecular complexity index is 256. The molecule has 0 aromatic carbocycles. The van der Waals surface area contributed by atoms with Crippen molar-refractivity contribution in [3.05, 3.63) is 0 Å². The molecule has 0 aromatic heterocycles. The molecule has 0 radical (unpaired) electrons. The fourth-order valence-corrected chi connectivity index (χ4v) is 1.84. The van der Waals surface area contributed by atoms with E-state index < -0.39 is 0 Å². The molecule has 3 N–H and O–H groups in total. The smallest absolute Gasteiger partial charge is 0.224 e. The summed E-state index contributed by atoms with van der Waals surface area (Å²) in [5, 5.41) is 2.74. The van der Waals surface area contributed by atoms with Gasteiger partial charge >= 0.3 is 0 Å². The highest BCUT2D eigenvalue weighted by Gasteiger charge is 2.19. The Morgan fingerprint density at radius 2 is 2.31 bits per heavy atom. The maximum atomic E-state index is 11.8. The zero-order valence-electron chi connectivity index (χ0n) is 9.87. The zero-order valence-corrected chi connectivity index (χ0v) is 9.87. The van der Waals surface area contributed by atoms with Gasteiger partial charge in [-0.1, -0.05) is 13.3 Å². The van der Waals surface area contributed by atoms with Crippen LogP contribution >= 0.6 is 0 Å². The van der Waals surface area contributed by atoms with Crippen LogP contribution in [-0.4, -0.2) is 42.4 Å². The number of hydrogen-bond acceptors (Lipinski definition) is 3. The number of amides is 2. The summed E-state index contributed by atoms with van der Waals surface area (Å²) in [6, 6.07) is -0.0515. The molecule has 5 heteroatoms. The van der Waals surface area contributed by atoms with E-state index in [-0.39, 0.29) is 17.9 Å². The van der Waals surface area contributed by atoms with E-state index in [1.165, 1.54) is 0 Å². The van der Waals surface area contributed by atoms with Crippen LogP contribution in [0, 0.1) is 0 Å². The quantitative estimate of drug-likeness (QED) is 0.701. The van der Waals surface area contributed by atoms with Crippen LogP contribution in [0.2, 0.25) is 0 Å². The summed E-state index contributed by atoms with van der Waals surface area (Å²) in [4.78, 5) is 24.7. The van der Waals surface area contributed by atoms with Crippen molar-refractivity contribution < 1.29 is 9.59 Å². The van der Waals surface area contributed by atoms with Crippen LogP contribution in [0.1, 0.15) is 32.6 Å². The predicted molar refractivity (Wildman–Crippen MR) is 61.7 cm³/mol. The van der Waals surface area contributed by atoms with E-state index in [4.69, 9.17) is 5.73 Å². The minimum Gasteiger partial charge on any atom is -0.354 e. The van der Waals surface area contributed by atoms with Gasteiger partial charge in [-0.15, -0.1) is 0 Å². The molecule has 0 aliphatic carbocycles. The number of nitrogens with zero attached hydrogens (tertiary/aromatic N) is 1. The highest BCUT2D eigenvalue weighted by atomic mass is 16.2. The monoisotopic (exact) mass is 227 g/mol. The Kier molecular flexibility index (Phi) is 5.25. The second kappa shape index (κ2) is 6.48. The Morgan fingerprint density at radius 3 is 3.00 bits per heavy atom. The molecule has 1 atom stereocenters. The van der Waals surface area contributed by atoms with Crippen LogP contribution in [0.3, 0.4) is 0 Å². The van der Waals surface area contributed by atoms with Crippen LogP contribution in [0.4, 0.5) is 0 Å². The van der Waals surface area contributed by atoms with Crippen molar-refractivity contribution in [3.8, 4) is 0 Å². The standard InChI is InChI=1S/C11H21N3O2/c1-2-3-9(12)8-11(16)14-6-4-10(15)13-5-7-14/h9H,2-8,12H2,1H3,(H,13,15). The average molecular weight is 227 g/mol. The molecule has 5 nitrogen and oxygen atoms in total. The van der Waals surface area contributed by atoms with Gasteiger partial charge in [-0.25, -0.2) is 0 Å². The molecule has 0 spiro atoms. The van der Waals surface area contributed by atoms with Gasteiger partial charge in [0, 0.05) is 38.5 Å². The summed E-state index contributed by atoms with van der Waals surface area (Å²) < 4.78 is 0. The van der Waals surface area contributed by atoms with Gasteiger partial charge in [0.2, 0.25) is 11.8 Å². The minimum absolute atomic E-state index is 0.0214. The molecule has 1 aliphatic heterocycles. The maximum absolute atomic E-state index is 11.8. The van der Waals surface area contributed by atoms with Crippen molar-refractivity contribution in [3.63, 3.8) is 0 Å². The van der Waals surface area contributed by atoms with Gasteiger partial charge in [0.1, 0.15) is 0 Å². The molecule has 0 bridgehead atoms. The number of carbonyl (C=O) groups excluding carboxylic acids is 2. The number of nitrogens with one attached hydrogen (secondary N) is 1. The molecule has 1 rings (SSSR count). The highest BCUT2D eigenvalue weighted by Crippen LogP contribution is 2.04. The fourth-order valence-electron chi connectivity index (χ4n) is 1.84. The molecule has 2 amide bonds. The van der Waals surface area contributed by atoms with E-state index in [1.54, 1.807) is 4.90 Å². The molecule has 1 aliphatic rings. The average Bonchev–Trinajstić information content (AvgIpc) is 2.43. The van der Waals surface area contributed by atoms with Crippen molar-refractivity contribution in [1.82, 2.24) is 10.2 Å². The van der Waals surface area contributed by atoms with Gasteiger partial charge in [0.05, 0.1) is 0 Å². The lowest BCUT2D eigenvalue weighted by atomic mass is 10.1. The van der Waals surface area contributed by atoms with Gasteiger partial charge in [-0.05, 0) is 6.42 Å². The topological polar surface area (TPSA) is 75.4 Å². The van der Waals surface area contributed by atoms with E-state index in [0.29, 0.717) is 32.5 Å². The second-order valence-electron chi connectivity index (χ2n) is 4.23. The first kappa shape index (κ1) is 13.0. The van der Waals surface area contributed by atoms with Gasteiger partial charge in [0.25, 0.3) is 0 Å². The molecular weight excluding hydrogens is 206 g/mol. The molecule has 0 aromatic rings. The zero-order chi connectivity index (χ0) is 12.0. The van der Waals surface area contributed by atoms with Crippen LogP contribution in [0.5, 0.6) is 0 Å². The summed E-state index contributed by atoms with van der Waals surface area (Å²) >= 11 is 0. The highest BCUT2D eigenvalue weighted by molar-refractivity contribution is 5.80.